The molecule has 3 heterocycles. The average molecular weight is 669 g/mol. The maximum atomic E-state index is 9.03. The number of thiocyanates is 1. The monoisotopic (exact) mass is 668 g/mol. The Morgan fingerprint density at radius 3 is 1.54 bits per heavy atom. The first-order valence-corrected chi connectivity index (χ1v) is 16.9. The van der Waals surface area contributed by atoms with Crippen molar-refractivity contribution in [1.29, 1.82) is 5.26 Å². The largest absolute Gasteiger partial charge is 0.286 e. The van der Waals surface area contributed by atoms with Crippen molar-refractivity contribution in [3.05, 3.63) is 119 Å². The van der Waals surface area contributed by atoms with Crippen LogP contribution in [0.3, 0.4) is 0 Å². The lowest BCUT2D eigenvalue weighted by Gasteiger charge is -2.15. The molecular weight excluding hydrogens is 633 g/mol. The molecule has 4 bridgehead atoms. The molecule has 1 aliphatic rings. The summed E-state index contributed by atoms with van der Waals surface area (Å²) < 4.78 is 0. The molecule has 0 fully saturated rings. The van der Waals surface area contributed by atoms with Gasteiger partial charge in [0, 0.05) is 4.90 Å². The van der Waals surface area contributed by atoms with Crippen LogP contribution in [0.5, 0.6) is 0 Å². The van der Waals surface area contributed by atoms with Crippen molar-refractivity contribution >= 4 is 57.7 Å². The maximum Gasteiger partial charge on any atom is 0.138 e. The van der Waals surface area contributed by atoms with E-state index in [4.69, 9.17) is 47.4 Å². The van der Waals surface area contributed by atoms with Gasteiger partial charge in [0.05, 0.1) is 81.6 Å². The predicted molar refractivity (Wildman–Crippen MR) is 201 cm³/mol. The van der Waals surface area contributed by atoms with E-state index in [1.54, 1.807) is 0 Å². The van der Waals surface area contributed by atoms with E-state index < -0.39 is 0 Å². The average Bonchev–Trinajstić information content (AvgIpc) is 3.10. The second kappa shape index (κ2) is 16.8. The summed E-state index contributed by atoms with van der Waals surface area (Å²) in [5, 5.41) is 13.6. The number of pyridine rings is 2. The van der Waals surface area contributed by atoms with Crippen LogP contribution in [0.1, 0.15) is 61.6 Å². The van der Waals surface area contributed by atoms with E-state index in [0.29, 0.717) is 25.9 Å². The van der Waals surface area contributed by atoms with Gasteiger partial charge < -0.3 is 0 Å². The lowest BCUT2D eigenvalue weighted by Crippen LogP contribution is -2.19. The standard InChI is InChI=1S/C38H36N8S2/c1-25-35-7-6-10-38(46-35)28(4)44-33(20-30-13-17-34(18-14-30)48-23-39)22-41-26(2)36-8-5-9-37(45-36)27(3)43-32(21-40-25)19-29-11-15-31(16-12-29)42-24-47/h5-18,32-33H,19-22H2,1-4H3/b40-25+,41-26+,43-27+,44-28+/t32?,33-/m0/s1. The number of benzene rings is 2. The number of aromatic nitrogens is 2. The molecule has 2 atom stereocenters. The number of nitrogens with zero attached hydrogens (tertiary/aromatic N) is 8. The molecule has 0 spiro atoms. The lowest BCUT2D eigenvalue weighted by molar-refractivity contribution is 0.680. The molecule has 0 aliphatic carbocycles. The second-order valence-electron chi connectivity index (χ2n) is 11.5. The van der Waals surface area contributed by atoms with Gasteiger partial charge in [0.15, 0.2) is 0 Å². The zero-order chi connectivity index (χ0) is 33.9. The first kappa shape index (κ1) is 34.4. The van der Waals surface area contributed by atoms with Gasteiger partial charge in [0.2, 0.25) is 0 Å². The van der Waals surface area contributed by atoms with Gasteiger partial charge in [-0.15, -0.1) is 0 Å². The molecule has 240 valence electrons. The zero-order valence-electron chi connectivity index (χ0n) is 27.5. The Morgan fingerprint density at radius 1 is 0.667 bits per heavy atom. The number of fused-ring (bicyclic) bond motifs is 4. The van der Waals surface area contributed by atoms with Crippen molar-refractivity contribution in [2.24, 2.45) is 25.0 Å². The summed E-state index contributed by atoms with van der Waals surface area (Å²) in [5.74, 6) is 0. The summed E-state index contributed by atoms with van der Waals surface area (Å²) in [5.41, 5.74) is 9.56. The van der Waals surface area contributed by atoms with Crippen molar-refractivity contribution in [2.45, 2.75) is 57.5 Å². The number of thiocarbonyl (C=S) groups is 1. The Balaban J connectivity index is 1.52. The third-order valence-electron chi connectivity index (χ3n) is 7.95. The number of thioether (sulfide) groups is 1. The van der Waals surface area contributed by atoms with Crippen LogP contribution in [-0.2, 0) is 12.8 Å². The van der Waals surface area contributed by atoms with E-state index >= 15 is 0 Å². The number of isothiocyanates is 1. The molecule has 0 N–H and O–H groups in total. The maximum absolute atomic E-state index is 9.03. The number of nitriles is 1. The summed E-state index contributed by atoms with van der Waals surface area (Å²) in [6.45, 7) is 8.93. The molecule has 8 nitrogen and oxygen atoms in total. The highest BCUT2D eigenvalue weighted by Crippen LogP contribution is 2.19. The fourth-order valence-corrected chi connectivity index (χ4v) is 5.84. The second-order valence-corrected chi connectivity index (χ2v) is 12.6. The summed E-state index contributed by atoms with van der Waals surface area (Å²) in [7, 11) is 0. The highest BCUT2D eigenvalue weighted by molar-refractivity contribution is 8.03. The van der Waals surface area contributed by atoms with Crippen LogP contribution >= 0.6 is 24.0 Å². The van der Waals surface area contributed by atoms with Crippen molar-refractivity contribution in [2.75, 3.05) is 13.1 Å². The van der Waals surface area contributed by atoms with Crippen molar-refractivity contribution in [3.8, 4) is 5.40 Å². The molecule has 0 radical (unpaired) electrons. The van der Waals surface area contributed by atoms with Gasteiger partial charge in [-0.3, -0.25) is 20.0 Å². The number of hydrogen-bond acceptors (Lipinski definition) is 10. The van der Waals surface area contributed by atoms with Crippen LogP contribution in [0.4, 0.5) is 5.69 Å². The molecule has 10 heteroatoms. The molecule has 0 saturated heterocycles. The summed E-state index contributed by atoms with van der Waals surface area (Å²) in [4.78, 5) is 35.1. The third kappa shape index (κ3) is 9.55. The van der Waals surface area contributed by atoms with Crippen molar-refractivity contribution in [1.82, 2.24) is 9.97 Å². The molecule has 0 saturated carbocycles. The first-order chi connectivity index (χ1) is 23.3. The molecule has 2 aromatic carbocycles. The van der Waals surface area contributed by atoms with Gasteiger partial charge in [-0.1, -0.05) is 36.4 Å². The highest BCUT2D eigenvalue weighted by atomic mass is 32.2. The Hall–Kier alpha value is -4.94. The topological polar surface area (TPSA) is 111 Å². The molecule has 1 aliphatic heterocycles. The van der Waals surface area contributed by atoms with E-state index in [1.165, 1.54) is 0 Å². The Kier molecular flexibility index (Phi) is 12.0. The summed E-state index contributed by atoms with van der Waals surface area (Å²) in [6.07, 6.45) is 1.38. The number of aliphatic imine (C=N–C) groups is 5. The molecule has 2 aromatic heterocycles. The van der Waals surface area contributed by atoms with E-state index in [0.717, 1.165) is 79.1 Å². The van der Waals surface area contributed by atoms with Gasteiger partial charge in [-0.2, -0.15) is 10.3 Å². The predicted octanol–water partition coefficient (Wildman–Crippen LogP) is 7.96. The Labute approximate surface area is 291 Å². The quantitative estimate of drug-likeness (QED) is 0.0896. The SMILES string of the molecule is C/C1=N\C[C@H](Cc2ccc(SC#N)cc2)/N=C(\C)c2cccc(n2)/C(C)=N/CC(Cc2ccc(N=C=S)cc2)/N=C(\C)c2cccc1n2. The molecule has 1 unspecified atom stereocenters. The number of hydrogen-bond donors (Lipinski definition) is 0. The van der Waals surface area contributed by atoms with Crippen LogP contribution in [-0.4, -0.2) is 63.1 Å². The smallest absolute Gasteiger partial charge is 0.138 e. The van der Waals surface area contributed by atoms with E-state index in [2.05, 4.69) is 27.7 Å². The van der Waals surface area contributed by atoms with E-state index in [1.807, 2.05) is 100 Å². The normalized spacial score (nSPS) is 21.2. The molecule has 5 rings (SSSR count). The molecule has 0 amide bonds. The van der Waals surface area contributed by atoms with Gasteiger partial charge in [0.1, 0.15) is 5.40 Å². The Morgan fingerprint density at radius 2 is 1.10 bits per heavy atom. The van der Waals surface area contributed by atoms with Crippen LogP contribution < -0.4 is 0 Å². The Bertz CT molecular complexity index is 1970. The van der Waals surface area contributed by atoms with Crippen LogP contribution in [0.2, 0.25) is 0 Å². The first-order valence-electron chi connectivity index (χ1n) is 15.7. The minimum absolute atomic E-state index is 0.126. The number of rotatable bonds is 6. The third-order valence-corrected chi connectivity index (χ3v) is 8.64. The highest BCUT2D eigenvalue weighted by Gasteiger charge is 2.15. The van der Waals surface area contributed by atoms with Gasteiger partial charge >= 0.3 is 0 Å². The van der Waals surface area contributed by atoms with Crippen LogP contribution in [0.25, 0.3) is 0 Å². The van der Waals surface area contributed by atoms with E-state index in [-0.39, 0.29) is 12.1 Å². The minimum atomic E-state index is -0.129. The van der Waals surface area contributed by atoms with Gasteiger partial charge in [-0.25, -0.2) is 9.97 Å². The zero-order valence-corrected chi connectivity index (χ0v) is 29.1. The van der Waals surface area contributed by atoms with Gasteiger partial charge in [0.25, 0.3) is 0 Å². The summed E-state index contributed by atoms with van der Waals surface area (Å²) in [6, 6.07) is 27.7. The summed E-state index contributed by atoms with van der Waals surface area (Å²) >= 11 is 5.91. The molecular formula is C38H36N8S2. The minimum Gasteiger partial charge on any atom is -0.286 e. The van der Waals surface area contributed by atoms with E-state index in [9.17, 15) is 0 Å². The van der Waals surface area contributed by atoms with Gasteiger partial charge in [-0.05, 0) is 124 Å². The fourth-order valence-electron chi connectivity index (χ4n) is 5.35. The fraction of sp³-hybridized carbons (Fsp3) is 0.263. The lowest BCUT2D eigenvalue weighted by atomic mass is 10.1. The van der Waals surface area contributed by atoms with Crippen LogP contribution in [0.15, 0.2) is 115 Å². The molecule has 4 aromatic rings. The van der Waals surface area contributed by atoms with Crippen molar-refractivity contribution in [3.63, 3.8) is 0 Å². The van der Waals surface area contributed by atoms with Crippen LogP contribution in [0, 0.1) is 10.7 Å². The van der Waals surface area contributed by atoms with Crippen molar-refractivity contribution < 1.29 is 0 Å². The molecule has 48 heavy (non-hydrogen) atoms.